The minimum absolute atomic E-state index is 0.0636. The molecule has 1 aliphatic carbocycles. The third-order valence-corrected chi connectivity index (χ3v) is 7.49. The van der Waals surface area contributed by atoms with E-state index < -0.39 is 0 Å². The monoisotopic (exact) mass is 490 g/mol. The number of hydrogen-bond acceptors (Lipinski definition) is 7. The van der Waals surface area contributed by atoms with Crippen molar-refractivity contribution in [1.29, 1.82) is 0 Å². The van der Waals surface area contributed by atoms with E-state index in [0.717, 1.165) is 59.8 Å². The second kappa shape index (κ2) is 8.94. The molecule has 1 unspecified atom stereocenters. The van der Waals surface area contributed by atoms with E-state index in [2.05, 4.69) is 27.6 Å². The zero-order valence-corrected chi connectivity index (χ0v) is 20.0. The maximum Gasteiger partial charge on any atom is 0.261 e. The molecule has 1 atom stereocenters. The van der Waals surface area contributed by atoms with Crippen LogP contribution in [0.15, 0.2) is 42.2 Å². The Labute approximate surface area is 206 Å². The molecule has 3 N–H and O–H groups in total. The number of amides is 2. The SMILES string of the molecule is C=C1NC(=O)C/C1=C\c1cnn2c(NC3CC3)cc(-c3ccc(C(=O)NCC4CCCO4)s3)nc12. The molecule has 35 heavy (non-hydrogen) atoms. The third kappa shape index (κ3) is 4.59. The fraction of sp³-hybridized carbons (Fsp3) is 0.360. The van der Waals surface area contributed by atoms with E-state index in [1.165, 1.54) is 11.3 Å². The number of ether oxygens (including phenoxy) is 1. The minimum atomic E-state index is -0.0964. The van der Waals surface area contributed by atoms with Crippen molar-refractivity contribution in [3.63, 3.8) is 0 Å². The number of fused-ring (bicyclic) bond motifs is 1. The lowest BCUT2D eigenvalue weighted by Gasteiger charge is -2.10. The Bertz CT molecular complexity index is 1360. The Morgan fingerprint density at radius 3 is 2.97 bits per heavy atom. The van der Waals surface area contributed by atoms with Crippen LogP contribution >= 0.6 is 11.3 Å². The number of hydrogen-bond donors (Lipinski definition) is 3. The number of anilines is 1. The molecule has 3 aromatic heterocycles. The van der Waals surface area contributed by atoms with E-state index >= 15 is 0 Å². The van der Waals surface area contributed by atoms with Gasteiger partial charge in [-0.05, 0) is 49.5 Å². The predicted octanol–water partition coefficient (Wildman–Crippen LogP) is 3.36. The number of carbonyl (C=O) groups is 2. The van der Waals surface area contributed by atoms with Crippen LogP contribution in [0.3, 0.4) is 0 Å². The fourth-order valence-electron chi connectivity index (χ4n) is 4.34. The van der Waals surface area contributed by atoms with Gasteiger partial charge in [-0.25, -0.2) is 4.98 Å². The predicted molar refractivity (Wildman–Crippen MR) is 134 cm³/mol. The highest BCUT2D eigenvalue weighted by atomic mass is 32.1. The molecular formula is C25H26N6O3S. The van der Waals surface area contributed by atoms with Gasteiger partial charge in [0.15, 0.2) is 5.65 Å². The fourth-order valence-corrected chi connectivity index (χ4v) is 5.23. The van der Waals surface area contributed by atoms with Crippen LogP contribution in [0.2, 0.25) is 0 Å². The van der Waals surface area contributed by atoms with Crippen LogP contribution in [0.1, 0.15) is 47.3 Å². The average molecular weight is 491 g/mol. The van der Waals surface area contributed by atoms with Gasteiger partial charge < -0.3 is 20.7 Å². The van der Waals surface area contributed by atoms with Crippen LogP contribution in [0.4, 0.5) is 5.82 Å². The summed E-state index contributed by atoms with van der Waals surface area (Å²) in [6, 6.07) is 6.18. The molecule has 2 saturated heterocycles. The first kappa shape index (κ1) is 22.0. The second-order valence-electron chi connectivity index (χ2n) is 9.16. The molecule has 0 aromatic carbocycles. The number of aromatic nitrogens is 3. The van der Waals surface area contributed by atoms with Gasteiger partial charge in [0.25, 0.3) is 5.91 Å². The molecule has 0 spiro atoms. The zero-order valence-electron chi connectivity index (χ0n) is 19.2. The zero-order chi connectivity index (χ0) is 23.9. The lowest BCUT2D eigenvalue weighted by atomic mass is 10.1. The van der Waals surface area contributed by atoms with E-state index in [1.807, 2.05) is 24.3 Å². The first-order chi connectivity index (χ1) is 17.0. The smallest absolute Gasteiger partial charge is 0.261 e. The minimum Gasteiger partial charge on any atom is -0.376 e. The lowest BCUT2D eigenvalue weighted by molar-refractivity contribution is -0.118. The number of carbonyl (C=O) groups excluding carboxylic acids is 2. The number of thiophene rings is 1. The van der Waals surface area contributed by atoms with Crippen LogP contribution < -0.4 is 16.0 Å². The molecule has 10 heteroatoms. The van der Waals surface area contributed by atoms with Gasteiger partial charge in [-0.3, -0.25) is 9.59 Å². The summed E-state index contributed by atoms with van der Waals surface area (Å²) in [6.45, 7) is 5.23. The summed E-state index contributed by atoms with van der Waals surface area (Å²) in [5.74, 6) is 0.696. The molecule has 3 aromatic rings. The molecular weight excluding hydrogens is 464 g/mol. The molecule has 1 saturated carbocycles. The van der Waals surface area contributed by atoms with Crippen LogP contribution in [0.25, 0.3) is 22.3 Å². The molecule has 5 heterocycles. The highest BCUT2D eigenvalue weighted by molar-refractivity contribution is 7.17. The van der Waals surface area contributed by atoms with Crippen molar-refractivity contribution in [2.24, 2.45) is 0 Å². The van der Waals surface area contributed by atoms with Gasteiger partial charge in [0.1, 0.15) is 5.82 Å². The van der Waals surface area contributed by atoms with Gasteiger partial charge >= 0.3 is 0 Å². The van der Waals surface area contributed by atoms with Crippen molar-refractivity contribution in [3.8, 4) is 10.6 Å². The Balaban J connectivity index is 1.31. The molecule has 2 amide bonds. The van der Waals surface area contributed by atoms with E-state index in [4.69, 9.17) is 9.72 Å². The van der Waals surface area contributed by atoms with Crippen molar-refractivity contribution < 1.29 is 14.3 Å². The lowest BCUT2D eigenvalue weighted by Crippen LogP contribution is -2.31. The summed E-state index contributed by atoms with van der Waals surface area (Å²) in [6.07, 6.45) is 8.34. The van der Waals surface area contributed by atoms with Crippen LogP contribution in [-0.4, -0.2) is 51.7 Å². The molecule has 2 aliphatic heterocycles. The van der Waals surface area contributed by atoms with Crippen molar-refractivity contribution in [2.45, 2.75) is 44.2 Å². The van der Waals surface area contributed by atoms with Crippen LogP contribution in [-0.2, 0) is 9.53 Å². The van der Waals surface area contributed by atoms with Crippen molar-refractivity contribution in [1.82, 2.24) is 25.2 Å². The van der Waals surface area contributed by atoms with Crippen molar-refractivity contribution in [3.05, 3.63) is 52.7 Å². The largest absolute Gasteiger partial charge is 0.376 e. The first-order valence-corrected chi connectivity index (χ1v) is 12.7. The summed E-state index contributed by atoms with van der Waals surface area (Å²) in [5, 5.41) is 13.8. The Morgan fingerprint density at radius 2 is 2.23 bits per heavy atom. The molecule has 6 rings (SSSR count). The summed E-state index contributed by atoms with van der Waals surface area (Å²) in [7, 11) is 0. The summed E-state index contributed by atoms with van der Waals surface area (Å²) in [4.78, 5) is 30.9. The van der Waals surface area contributed by atoms with Gasteiger partial charge in [0, 0.05) is 36.5 Å². The topological polar surface area (TPSA) is 110 Å². The average Bonchev–Trinajstić information content (AvgIpc) is 3.28. The number of rotatable bonds is 7. The van der Waals surface area contributed by atoms with Gasteiger partial charge in [-0.1, -0.05) is 6.58 Å². The molecule has 3 fully saturated rings. The Kier molecular flexibility index (Phi) is 5.62. The third-order valence-electron chi connectivity index (χ3n) is 6.38. The number of allylic oxidation sites excluding steroid dienone is 1. The molecule has 9 nitrogen and oxygen atoms in total. The highest BCUT2D eigenvalue weighted by Gasteiger charge is 2.25. The Morgan fingerprint density at radius 1 is 1.34 bits per heavy atom. The normalized spacial score (nSPS) is 21.1. The summed E-state index contributed by atoms with van der Waals surface area (Å²) < 4.78 is 7.39. The maximum atomic E-state index is 12.7. The highest BCUT2D eigenvalue weighted by Crippen LogP contribution is 2.33. The quantitative estimate of drug-likeness (QED) is 0.469. The number of nitrogens with zero attached hydrogens (tertiary/aromatic N) is 3. The van der Waals surface area contributed by atoms with E-state index in [0.29, 0.717) is 35.2 Å². The summed E-state index contributed by atoms with van der Waals surface area (Å²) >= 11 is 1.41. The van der Waals surface area contributed by atoms with E-state index in [9.17, 15) is 9.59 Å². The molecule has 3 aliphatic rings. The van der Waals surface area contributed by atoms with Crippen molar-refractivity contribution in [2.75, 3.05) is 18.5 Å². The summed E-state index contributed by atoms with van der Waals surface area (Å²) in [5.41, 5.74) is 3.70. The molecule has 0 radical (unpaired) electrons. The van der Waals surface area contributed by atoms with Gasteiger partial charge in [-0.2, -0.15) is 9.61 Å². The van der Waals surface area contributed by atoms with Gasteiger partial charge in [0.05, 0.1) is 34.2 Å². The van der Waals surface area contributed by atoms with E-state index in [1.54, 1.807) is 10.7 Å². The van der Waals surface area contributed by atoms with Crippen molar-refractivity contribution >= 4 is 40.7 Å². The first-order valence-electron chi connectivity index (χ1n) is 11.9. The number of nitrogens with one attached hydrogen (secondary N) is 3. The van der Waals surface area contributed by atoms with E-state index in [-0.39, 0.29) is 17.9 Å². The van der Waals surface area contributed by atoms with Crippen LogP contribution in [0.5, 0.6) is 0 Å². The Hall–Kier alpha value is -3.50. The maximum absolute atomic E-state index is 12.7. The van der Waals surface area contributed by atoms with Gasteiger partial charge in [-0.15, -0.1) is 11.3 Å². The second-order valence-corrected chi connectivity index (χ2v) is 10.2. The molecule has 0 bridgehead atoms. The van der Waals surface area contributed by atoms with Crippen LogP contribution in [0, 0.1) is 0 Å². The standard InChI is InChI=1S/C25H26N6O3S/c1-14-15(10-23(32)28-14)9-16-12-27-31-22(29-17-4-5-17)11-19(30-24(16)31)20-6-7-21(35-20)25(33)26-13-18-3-2-8-34-18/h6-7,9,11-12,17-18,29H,1-5,8,10,13H2,(H,26,33)(H,28,32)/b15-9+. The molecule has 180 valence electrons. The van der Waals surface area contributed by atoms with Gasteiger partial charge in [0.2, 0.25) is 5.91 Å².